The number of ether oxygens (including phenoxy) is 1. The van der Waals surface area contributed by atoms with E-state index in [1.165, 1.54) is 0 Å². The number of anilines is 1. The lowest BCUT2D eigenvalue weighted by Crippen LogP contribution is -1.98. The summed E-state index contributed by atoms with van der Waals surface area (Å²) in [6, 6.07) is 37.4. The summed E-state index contributed by atoms with van der Waals surface area (Å²) >= 11 is 1.64. The molecule has 0 saturated heterocycles. The summed E-state index contributed by atoms with van der Waals surface area (Å²) in [7, 11) is -3.00. The summed E-state index contributed by atoms with van der Waals surface area (Å²) in [4.78, 5) is 1.97. The Morgan fingerprint density at radius 1 is 0.576 bits per heavy atom. The van der Waals surface area contributed by atoms with E-state index in [2.05, 4.69) is 5.09 Å². The number of benzene rings is 4. The second-order valence-corrected chi connectivity index (χ2v) is 10.8. The molecule has 5 heteroatoms. The van der Waals surface area contributed by atoms with Crippen LogP contribution >= 0.6 is 19.1 Å². The van der Waals surface area contributed by atoms with Crippen LogP contribution < -0.4 is 9.82 Å². The minimum absolute atomic E-state index is 0.727. The largest absolute Gasteiger partial charge is 0.457 e. The third-order valence-corrected chi connectivity index (χ3v) is 8.48. The van der Waals surface area contributed by atoms with Crippen molar-refractivity contribution in [2.24, 2.45) is 0 Å². The molecular weight excluding hydrogens is 445 g/mol. The van der Waals surface area contributed by atoms with E-state index in [1.54, 1.807) is 11.8 Å². The van der Waals surface area contributed by atoms with Crippen LogP contribution in [0.4, 0.5) is 5.69 Å². The molecule has 162 valence electrons. The Kier molecular flexibility index (Phi) is 6.21. The topological polar surface area (TPSA) is 38.3 Å². The molecule has 0 fully saturated rings. The molecule has 0 aliphatic carbocycles. The van der Waals surface area contributed by atoms with Gasteiger partial charge in [-0.2, -0.15) is 0 Å². The van der Waals surface area contributed by atoms with Gasteiger partial charge in [0.05, 0.1) is 0 Å². The van der Waals surface area contributed by atoms with Crippen LogP contribution in [0, 0.1) is 0 Å². The lowest BCUT2D eigenvalue weighted by Gasteiger charge is -2.23. The summed E-state index contributed by atoms with van der Waals surface area (Å²) in [5.41, 5.74) is 2.88. The maximum atomic E-state index is 14.0. The summed E-state index contributed by atoms with van der Waals surface area (Å²) in [5, 5.41) is 3.28. The second-order valence-electron chi connectivity index (χ2n) is 7.58. The van der Waals surface area contributed by atoms with Crippen molar-refractivity contribution in [1.29, 1.82) is 0 Å². The quantitative estimate of drug-likeness (QED) is 0.287. The number of hydrogen-bond acceptors (Lipinski definition) is 3. The smallest absolute Gasteiger partial charge is 0.215 e. The zero-order valence-electron chi connectivity index (χ0n) is 17.8. The molecular formula is C28H22NO2PS. The molecule has 0 aromatic heterocycles. The van der Waals surface area contributed by atoms with Gasteiger partial charge in [0.15, 0.2) is 0 Å². The van der Waals surface area contributed by atoms with Gasteiger partial charge >= 0.3 is 0 Å². The molecule has 0 saturated carbocycles. The standard InChI is InChI=1S/C28H22NO2PS/c30-32(29-24-16-18-26(19-17-24)31-25-14-8-3-9-15-25)20-27(22-10-4-1-5-11-22)33-28(21-32)23-12-6-2-7-13-23/h1-21H,(H,29,30). The Balaban J connectivity index is 1.44. The van der Waals surface area contributed by atoms with Gasteiger partial charge in [0.2, 0.25) is 7.29 Å². The first-order valence-electron chi connectivity index (χ1n) is 10.6. The molecule has 0 unspecified atom stereocenters. The summed E-state index contributed by atoms with van der Waals surface area (Å²) in [6.45, 7) is 0. The van der Waals surface area contributed by atoms with Crippen molar-refractivity contribution < 1.29 is 9.30 Å². The molecule has 4 aromatic carbocycles. The molecule has 1 N–H and O–H groups in total. The van der Waals surface area contributed by atoms with E-state index in [0.29, 0.717) is 0 Å². The van der Waals surface area contributed by atoms with Crippen LogP contribution in [0.25, 0.3) is 9.81 Å². The van der Waals surface area contributed by atoms with Gasteiger partial charge in [-0.15, -0.1) is 0 Å². The second kappa shape index (κ2) is 9.58. The highest BCUT2D eigenvalue weighted by Crippen LogP contribution is 2.60. The van der Waals surface area contributed by atoms with Crippen LogP contribution in [0.3, 0.4) is 0 Å². The van der Waals surface area contributed by atoms with Crippen LogP contribution in [0.2, 0.25) is 0 Å². The number of para-hydroxylation sites is 1. The third-order valence-electron chi connectivity index (χ3n) is 5.09. The Morgan fingerprint density at radius 2 is 1.03 bits per heavy atom. The van der Waals surface area contributed by atoms with E-state index in [1.807, 2.05) is 127 Å². The zero-order chi connectivity index (χ0) is 22.5. The van der Waals surface area contributed by atoms with Crippen LogP contribution in [0.15, 0.2) is 127 Å². The van der Waals surface area contributed by atoms with E-state index in [-0.39, 0.29) is 0 Å². The predicted octanol–water partition coefficient (Wildman–Crippen LogP) is 8.91. The minimum Gasteiger partial charge on any atom is -0.457 e. The summed E-state index contributed by atoms with van der Waals surface area (Å²) < 4.78 is 19.9. The predicted molar refractivity (Wildman–Crippen MR) is 141 cm³/mol. The monoisotopic (exact) mass is 467 g/mol. The molecule has 0 atom stereocenters. The van der Waals surface area contributed by atoms with Crippen LogP contribution in [-0.4, -0.2) is 0 Å². The lowest BCUT2D eigenvalue weighted by atomic mass is 10.2. The van der Waals surface area contributed by atoms with Crippen molar-refractivity contribution in [2.45, 2.75) is 0 Å². The van der Waals surface area contributed by atoms with Crippen molar-refractivity contribution in [3.8, 4) is 11.5 Å². The number of nitrogens with one attached hydrogen (secondary N) is 1. The highest BCUT2D eigenvalue weighted by molar-refractivity contribution is 8.17. The van der Waals surface area contributed by atoms with Crippen molar-refractivity contribution in [3.63, 3.8) is 0 Å². The molecule has 1 aliphatic heterocycles. The van der Waals surface area contributed by atoms with E-state index >= 15 is 0 Å². The van der Waals surface area contributed by atoms with E-state index in [0.717, 1.165) is 38.1 Å². The van der Waals surface area contributed by atoms with Crippen molar-refractivity contribution >= 4 is 34.6 Å². The van der Waals surface area contributed by atoms with Crippen molar-refractivity contribution in [1.82, 2.24) is 0 Å². The summed E-state index contributed by atoms with van der Waals surface area (Å²) in [6.07, 6.45) is 0. The van der Waals surface area contributed by atoms with Crippen molar-refractivity contribution in [2.75, 3.05) is 5.09 Å². The van der Waals surface area contributed by atoms with E-state index in [9.17, 15) is 4.57 Å². The van der Waals surface area contributed by atoms with Crippen LogP contribution in [0.1, 0.15) is 11.1 Å². The highest BCUT2D eigenvalue weighted by Gasteiger charge is 2.26. The average Bonchev–Trinajstić information content (AvgIpc) is 2.86. The molecule has 3 nitrogen and oxygen atoms in total. The maximum Gasteiger partial charge on any atom is 0.215 e. The molecule has 0 bridgehead atoms. The average molecular weight is 468 g/mol. The SMILES string of the molecule is O=P1(Nc2ccc(Oc3ccccc3)cc2)C=C(c2ccccc2)SC(c2ccccc2)=C1. The molecule has 33 heavy (non-hydrogen) atoms. The Morgan fingerprint density at radius 3 is 1.55 bits per heavy atom. The Bertz CT molecular complexity index is 1280. The van der Waals surface area contributed by atoms with Gasteiger partial charge in [0, 0.05) is 27.1 Å². The van der Waals surface area contributed by atoms with E-state index in [4.69, 9.17) is 4.74 Å². The van der Waals surface area contributed by atoms with Crippen LogP contribution in [0.5, 0.6) is 11.5 Å². The van der Waals surface area contributed by atoms with Gasteiger partial charge in [0.1, 0.15) is 11.5 Å². The van der Waals surface area contributed by atoms with Crippen molar-refractivity contribution in [3.05, 3.63) is 138 Å². The minimum atomic E-state index is -3.00. The molecule has 1 aliphatic rings. The van der Waals surface area contributed by atoms with Gasteiger partial charge in [-0.25, -0.2) is 0 Å². The highest BCUT2D eigenvalue weighted by atomic mass is 32.2. The molecule has 0 amide bonds. The van der Waals surface area contributed by atoms with Crippen LogP contribution in [-0.2, 0) is 4.57 Å². The maximum absolute atomic E-state index is 14.0. The van der Waals surface area contributed by atoms with Gasteiger partial charge in [-0.3, -0.25) is 4.57 Å². The van der Waals surface area contributed by atoms with Gasteiger partial charge in [-0.05, 0) is 47.5 Å². The van der Waals surface area contributed by atoms with Gasteiger partial charge in [0.25, 0.3) is 0 Å². The molecule has 0 radical (unpaired) electrons. The third kappa shape index (κ3) is 5.31. The van der Waals surface area contributed by atoms with Gasteiger partial charge in [-0.1, -0.05) is 90.6 Å². The fourth-order valence-corrected chi connectivity index (χ4v) is 7.37. The fourth-order valence-electron chi connectivity index (χ4n) is 3.52. The molecule has 0 spiro atoms. The number of rotatable bonds is 6. The Hall–Kier alpha value is -3.46. The molecule has 5 rings (SSSR count). The fraction of sp³-hybridized carbons (Fsp3) is 0. The number of thioether (sulfide) groups is 1. The first-order valence-corrected chi connectivity index (χ1v) is 13.3. The zero-order valence-corrected chi connectivity index (χ0v) is 19.5. The van der Waals surface area contributed by atoms with Gasteiger partial charge < -0.3 is 9.82 Å². The van der Waals surface area contributed by atoms with E-state index < -0.39 is 7.29 Å². The normalized spacial score (nSPS) is 14.7. The lowest BCUT2D eigenvalue weighted by molar-refractivity contribution is 0.483. The molecule has 4 aromatic rings. The Labute approximate surface area is 198 Å². The summed E-state index contributed by atoms with van der Waals surface area (Å²) in [5.74, 6) is 5.24. The first kappa shape index (κ1) is 21.4. The number of hydrogen-bond donors (Lipinski definition) is 1. The molecule has 1 heterocycles. The first-order chi connectivity index (χ1) is 16.2.